The van der Waals surface area contributed by atoms with Crippen molar-refractivity contribution in [3.05, 3.63) is 0 Å². The van der Waals surface area contributed by atoms with Gasteiger partial charge in [-0.2, -0.15) is 0 Å². The molecular formula is C13H27N4O7P. The highest BCUT2D eigenvalue weighted by Crippen LogP contribution is 2.34. The lowest BCUT2D eigenvalue weighted by Crippen LogP contribution is -2.55. The third-order valence-corrected chi connectivity index (χ3v) is 4.21. The number of nitrogens with one attached hydrogen (secondary N) is 2. The number of carboxylic acid groups (broad SMARTS) is 1. The third kappa shape index (κ3) is 10.8. The predicted octanol–water partition coefficient (Wildman–Crippen LogP) is -2.06. The molecule has 0 saturated carbocycles. The van der Waals surface area contributed by atoms with Gasteiger partial charge in [-0.3, -0.25) is 18.9 Å². The van der Waals surface area contributed by atoms with Crippen molar-refractivity contribution >= 4 is 25.4 Å². The minimum Gasteiger partial charge on any atom is -0.481 e. The third-order valence-electron chi connectivity index (χ3n) is 3.26. The predicted molar refractivity (Wildman–Crippen MR) is 89.5 cm³/mol. The molecule has 0 aliphatic heterocycles. The molecule has 0 spiro atoms. The van der Waals surface area contributed by atoms with E-state index in [4.69, 9.17) is 26.4 Å². The van der Waals surface area contributed by atoms with Crippen molar-refractivity contribution in [3.63, 3.8) is 0 Å². The average Bonchev–Trinajstić information content (AvgIpc) is 2.45. The maximum Gasteiger partial charge on any atom is 0.327 e. The minimum absolute atomic E-state index is 0.0687. The van der Waals surface area contributed by atoms with Gasteiger partial charge in [-0.1, -0.05) is 13.8 Å². The van der Waals surface area contributed by atoms with Crippen LogP contribution in [0.25, 0.3) is 0 Å². The summed E-state index contributed by atoms with van der Waals surface area (Å²) in [7, 11) is -4.29. The minimum atomic E-state index is -4.29. The summed E-state index contributed by atoms with van der Waals surface area (Å²) in [6, 6.07) is -2.95. The second-order valence-corrected chi connectivity index (χ2v) is 7.82. The Labute approximate surface area is 145 Å². The maximum atomic E-state index is 12.2. The summed E-state index contributed by atoms with van der Waals surface area (Å²) in [5.41, 5.74) is 11.1. The Morgan fingerprint density at radius 2 is 1.68 bits per heavy atom. The van der Waals surface area contributed by atoms with E-state index >= 15 is 0 Å². The first-order valence-electron chi connectivity index (χ1n) is 7.69. The van der Waals surface area contributed by atoms with E-state index in [1.165, 1.54) is 0 Å². The fourth-order valence-corrected chi connectivity index (χ4v) is 2.66. The summed E-state index contributed by atoms with van der Waals surface area (Å²) in [6.45, 7) is 3.19. The van der Waals surface area contributed by atoms with Gasteiger partial charge >= 0.3 is 13.6 Å². The molecule has 0 aromatic heterocycles. The van der Waals surface area contributed by atoms with Crippen LogP contribution in [0.2, 0.25) is 0 Å². The Morgan fingerprint density at radius 1 is 1.12 bits per heavy atom. The average molecular weight is 382 g/mol. The molecule has 0 aliphatic carbocycles. The first kappa shape index (κ1) is 23.5. The normalized spacial score (nSPS) is 15.3. The Morgan fingerprint density at radius 3 is 2.12 bits per heavy atom. The summed E-state index contributed by atoms with van der Waals surface area (Å²) >= 11 is 0. The van der Waals surface area contributed by atoms with Crippen LogP contribution in [0.15, 0.2) is 0 Å². The smallest absolute Gasteiger partial charge is 0.327 e. The van der Waals surface area contributed by atoms with Gasteiger partial charge in [0.1, 0.15) is 6.04 Å². The van der Waals surface area contributed by atoms with Crippen LogP contribution in [0.1, 0.15) is 26.7 Å². The van der Waals surface area contributed by atoms with Gasteiger partial charge < -0.3 is 37.0 Å². The summed E-state index contributed by atoms with van der Waals surface area (Å²) in [4.78, 5) is 52.3. The molecule has 2 amide bonds. The van der Waals surface area contributed by atoms with Crippen LogP contribution >= 0.6 is 7.60 Å². The van der Waals surface area contributed by atoms with Crippen molar-refractivity contribution in [1.29, 1.82) is 0 Å². The first-order chi connectivity index (χ1) is 11.3. The van der Waals surface area contributed by atoms with E-state index in [0.717, 1.165) is 0 Å². The van der Waals surface area contributed by atoms with Gasteiger partial charge in [0.25, 0.3) is 0 Å². The van der Waals surface area contributed by atoms with Crippen LogP contribution in [0.4, 0.5) is 0 Å². The lowest BCUT2D eigenvalue weighted by atomic mass is 10.0. The topological polar surface area (TPSA) is 205 Å². The molecule has 0 aromatic carbocycles. The molecule has 146 valence electrons. The quantitative estimate of drug-likeness (QED) is 0.196. The monoisotopic (exact) mass is 382 g/mol. The zero-order chi connectivity index (χ0) is 19.8. The highest BCUT2D eigenvalue weighted by Gasteiger charge is 2.27. The van der Waals surface area contributed by atoms with Crippen LogP contribution in [0, 0.1) is 5.92 Å². The van der Waals surface area contributed by atoms with Gasteiger partial charge in [-0.25, -0.2) is 0 Å². The molecule has 12 heteroatoms. The van der Waals surface area contributed by atoms with Gasteiger partial charge in [-0.05, 0) is 12.3 Å². The zero-order valence-corrected chi connectivity index (χ0v) is 15.1. The van der Waals surface area contributed by atoms with Crippen LogP contribution in [-0.4, -0.2) is 63.5 Å². The van der Waals surface area contributed by atoms with E-state index in [1.807, 2.05) is 0 Å². The number of rotatable bonds is 11. The van der Waals surface area contributed by atoms with Crippen molar-refractivity contribution < 1.29 is 33.8 Å². The largest absolute Gasteiger partial charge is 0.481 e. The molecule has 0 fully saturated rings. The number of nitrogens with two attached hydrogens (primary N) is 2. The SMILES string of the molecule is CC(C)[C@H](NC(=O)[C@@H](N)CCC(=O)O)C(=O)NCC(N)CP(=O)(O)O. The van der Waals surface area contributed by atoms with E-state index in [1.54, 1.807) is 13.8 Å². The second kappa shape index (κ2) is 10.5. The Kier molecular flexibility index (Phi) is 9.83. The van der Waals surface area contributed by atoms with E-state index in [-0.39, 0.29) is 25.3 Å². The van der Waals surface area contributed by atoms with Gasteiger partial charge in [0.05, 0.1) is 12.2 Å². The molecule has 0 rings (SSSR count). The molecular weight excluding hydrogens is 355 g/mol. The summed E-state index contributed by atoms with van der Waals surface area (Å²) in [6.07, 6.45) is -0.919. The molecule has 0 bridgehead atoms. The van der Waals surface area contributed by atoms with Crippen LogP contribution < -0.4 is 22.1 Å². The number of aliphatic carboxylic acids is 1. The van der Waals surface area contributed by atoms with Gasteiger partial charge in [0.15, 0.2) is 0 Å². The standard InChI is InChI=1S/C13H27N4O7P/c1-7(2)11(17-12(20)9(15)3-4-10(18)19)13(21)16-5-8(14)6-25(22,23)24/h7-9,11H,3-6,14-15H2,1-2H3,(H,16,21)(H,17,20)(H,18,19)(H2,22,23,24)/t8?,9-,11-/m0/s1. The lowest BCUT2D eigenvalue weighted by molar-refractivity contribution is -0.137. The number of hydrogen-bond donors (Lipinski definition) is 7. The Hall–Kier alpha value is -1.52. The number of hydrogen-bond acceptors (Lipinski definition) is 6. The van der Waals surface area contributed by atoms with Crippen LogP contribution in [0.5, 0.6) is 0 Å². The molecule has 0 radical (unpaired) electrons. The molecule has 1 unspecified atom stereocenters. The molecule has 0 saturated heterocycles. The second-order valence-electron chi connectivity index (χ2n) is 6.12. The van der Waals surface area contributed by atoms with Crippen molar-refractivity contribution in [1.82, 2.24) is 10.6 Å². The number of carboxylic acids is 1. The molecule has 25 heavy (non-hydrogen) atoms. The maximum absolute atomic E-state index is 12.2. The van der Waals surface area contributed by atoms with E-state index in [0.29, 0.717) is 0 Å². The molecule has 3 atom stereocenters. The van der Waals surface area contributed by atoms with Gasteiger partial charge in [-0.15, -0.1) is 0 Å². The van der Waals surface area contributed by atoms with Crippen molar-refractivity contribution in [2.75, 3.05) is 12.7 Å². The number of carbonyl (C=O) groups excluding carboxylic acids is 2. The molecule has 0 aromatic rings. The number of amides is 2. The fraction of sp³-hybridized carbons (Fsp3) is 0.769. The molecule has 9 N–H and O–H groups in total. The van der Waals surface area contributed by atoms with Gasteiger partial charge in [0.2, 0.25) is 11.8 Å². The molecule has 11 nitrogen and oxygen atoms in total. The number of carbonyl (C=O) groups is 3. The fourth-order valence-electron chi connectivity index (χ4n) is 1.92. The highest BCUT2D eigenvalue weighted by molar-refractivity contribution is 7.51. The van der Waals surface area contributed by atoms with Crippen molar-refractivity contribution in [2.45, 2.75) is 44.8 Å². The zero-order valence-electron chi connectivity index (χ0n) is 14.2. The van der Waals surface area contributed by atoms with Crippen LogP contribution in [-0.2, 0) is 18.9 Å². The Bertz CT molecular complexity index is 523. The molecule has 0 aliphatic rings. The summed E-state index contributed by atoms with van der Waals surface area (Å²) in [5.74, 6) is -2.61. The van der Waals surface area contributed by atoms with Crippen molar-refractivity contribution in [2.24, 2.45) is 17.4 Å². The molecule has 0 heterocycles. The van der Waals surface area contributed by atoms with Crippen molar-refractivity contribution in [3.8, 4) is 0 Å². The van der Waals surface area contributed by atoms with E-state index in [2.05, 4.69) is 10.6 Å². The Balaban J connectivity index is 4.62. The lowest BCUT2D eigenvalue weighted by Gasteiger charge is -2.24. The summed E-state index contributed by atoms with van der Waals surface area (Å²) in [5, 5.41) is 13.5. The van der Waals surface area contributed by atoms with Crippen LogP contribution in [0.3, 0.4) is 0 Å². The van der Waals surface area contributed by atoms with Gasteiger partial charge in [0, 0.05) is 19.0 Å². The highest BCUT2D eigenvalue weighted by atomic mass is 31.2. The van der Waals surface area contributed by atoms with E-state index < -0.39 is 49.7 Å². The first-order valence-corrected chi connectivity index (χ1v) is 9.48. The summed E-state index contributed by atoms with van der Waals surface area (Å²) < 4.78 is 10.8. The van der Waals surface area contributed by atoms with E-state index in [9.17, 15) is 18.9 Å².